The minimum Gasteiger partial charge on any atom is -0.494 e. The normalized spacial score (nSPS) is 11.0. The molecule has 22 heavy (non-hydrogen) atoms. The summed E-state index contributed by atoms with van der Waals surface area (Å²) in [7, 11) is -3.88. The molecule has 0 aromatic heterocycles. The zero-order valence-electron chi connectivity index (χ0n) is 12.2. The van der Waals surface area contributed by atoms with Gasteiger partial charge in [0, 0.05) is 5.56 Å². The van der Waals surface area contributed by atoms with Crippen molar-refractivity contribution in [3.8, 4) is 5.75 Å². The highest BCUT2D eigenvalue weighted by Crippen LogP contribution is 2.15. The number of hydrogen-bond donors (Lipinski definition) is 1. The van der Waals surface area contributed by atoms with Crippen molar-refractivity contribution in [2.24, 2.45) is 0 Å². The number of carbonyl (C=O) groups excluding carboxylic acids is 1. The van der Waals surface area contributed by atoms with Crippen LogP contribution in [-0.2, 0) is 10.0 Å². The van der Waals surface area contributed by atoms with Crippen molar-refractivity contribution in [1.82, 2.24) is 4.72 Å². The van der Waals surface area contributed by atoms with Gasteiger partial charge in [0.1, 0.15) is 5.75 Å². The molecule has 0 radical (unpaired) electrons. The molecule has 0 atom stereocenters. The maximum absolute atomic E-state index is 12.1. The predicted octanol–water partition coefficient (Wildman–Crippen LogP) is 2.59. The molecule has 0 saturated carbocycles. The number of benzene rings is 2. The van der Waals surface area contributed by atoms with Crippen LogP contribution in [-0.4, -0.2) is 20.9 Å². The molecule has 0 aliphatic heterocycles. The van der Waals surface area contributed by atoms with E-state index in [-0.39, 0.29) is 10.5 Å². The Balaban J connectivity index is 2.15. The molecule has 2 aromatic carbocycles. The first-order chi connectivity index (χ1) is 10.5. The lowest BCUT2D eigenvalue weighted by atomic mass is 10.2. The highest BCUT2D eigenvalue weighted by Gasteiger charge is 2.18. The van der Waals surface area contributed by atoms with E-state index in [1.165, 1.54) is 24.3 Å². The van der Waals surface area contributed by atoms with Gasteiger partial charge in [-0.2, -0.15) is 0 Å². The standard InChI is InChI=1S/C16H17NO4S/c1-2-11-21-14-8-6-7-13(12-14)16(18)17-22(19,20)15-9-4-3-5-10-15/h3-10,12H,2,11H2,1H3,(H,17,18). The molecule has 0 unspecified atom stereocenters. The number of carbonyl (C=O) groups is 1. The molecule has 1 N–H and O–H groups in total. The summed E-state index contributed by atoms with van der Waals surface area (Å²) in [5.41, 5.74) is 0.230. The van der Waals surface area contributed by atoms with E-state index in [4.69, 9.17) is 4.74 Å². The van der Waals surface area contributed by atoms with Crippen molar-refractivity contribution in [2.75, 3.05) is 6.61 Å². The summed E-state index contributed by atoms with van der Waals surface area (Å²) in [6.07, 6.45) is 0.846. The van der Waals surface area contributed by atoms with Crippen molar-refractivity contribution in [3.05, 3.63) is 60.2 Å². The SMILES string of the molecule is CCCOc1cccc(C(=O)NS(=O)(=O)c2ccccc2)c1. The second-order valence-electron chi connectivity index (χ2n) is 4.62. The zero-order valence-corrected chi connectivity index (χ0v) is 13.0. The maximum Gasteiger partial charge on any atom is 0.265 e. The van der Waals surface area contributed by atoms with Crippen molar-refractivity contribution in [3.63, 3.8) is 0 Å². The summed E-state index contributed by atoms with van der Waals surface area (Å²) in [6, 6.07) is 14.2. The van der Waals surface area contributed by atoms with E-state index in [0.717, 1.165) is 6.42 Å². The first kappa shape index (κ1) is 16.0. The van der Waals surface area contributed by atoms with Gasteiger partial charge in [0.15, 0.2) is 0 Å². The molecule has 2 aromatic rings. The van der Waals surface area contributed by atoms with Crippen molar-refractivity contribution in [1.29, 1.82) is 0 Å². The lowest BCUT2D eigenvalue weighted by molar-refractivity contribution is 0.0981. The molecule has 6 heteroatoms. The minimum absolute atomic E-state index is 0.0433. The van der Waals surface area contributed by atoms with Gasteiger partial charge in [-0.3, -0.25) is 4.79 Å². The van der Waals surface area contributed by atoms with E-state index in [0.29, 0.717) is 12.4 Å². The van der Waals surface area contributed by atoms with Crippen molar-refractivity contribution in [2.45, 2.75) is 18.2 Å². The molecule has 1 amide bonds. The van der Waals surface area contributed by atoms with Crippen LogP contribution >= 0.6 is 0 Å². The Morgan fingerprint density at radius 2 is 1.82 bits per heavy atom. The van der Waals surface area contributed by atoms with Crippen LogP contribution < -0.4 is 9.46 Å². The maximum atomic E-state index is 12.1. The van der Waals surface area contributed by atoms with Crippen LogP contribution in [0.4, 0.5) is 0 Å². The molecular formula is C16H17NO4S. The van der Waals surface area contributed by atoms with Crippen LogP contribution in [0.3, 0.4) is 0 Å². The van der Waals surface area contributed by atoms with Gasteiger partial charge in [-0.1, -0.05) is 31.2 Å². The number of nitrogens with one attached hydrogen (secondary N) is 1. The molecular weight excluding hydrogens is 302 g/mol. The molecule has 0 aliphatic carbocycles. The number of ether oxygens (including phenoxy) is 1. The molecule has 0 fully saturated rings. The summed E-state index contributed by atoms with van der Waals surface area (Å²) in [5.74, 6) is -0.155. The molecule has 0 aliphatic rings. The second-order valence-corrected chi connectivity index (χ2v) is 6.31. The summed E-state index contributed by atoms with van der Waals surface area (Å²) in [4.78, 5) is 12.2. The van der Waals surface area contributed by atoms with Crippen molar-refractivity contribution < 1.29 is 17.9 Å². The largest absolute Gasteiger partial charge is 0.494 e. The molecule has 2 rings (SSSR count). The minimum atomic E-state index is -3.88. The summed E-state index contributed by atoms with van der Waals surface area (Å²) in [6.45, 7) is 2.51. The van der Waals surface area contributed by atoms with E-state index in [1.807, 2.05) is 11.6 Å². The van der Waals surface area contributed by atoms with Gasteiger partial charge in [-0.25, -0.2) is 13.1 Å². The number of rotatable bonds is 6. The van der Waals surface area contributed by atoms with E-state index in [9.17, 15) is 13.2 Å². The summed E-state index contributed by atoms with van der Waals surface area (Å²) >= 11 is 0. The van der Waals surface area contributed by atoms with Crippen molar-refractivity contribution >= 4 is 15.9 Å². The molecule has 0 heterocycles. The molecule has 0 spiro atoms. The smallest absolute Gasteiger partial charge is 0.265 e. The Kier molecular flexibility index (Phi) is 5.16. The van der Waals surface area contributed by atoms with Gasteiger partial charge < -0.3 is 4.74 Å². The molecule has 0 bridgehead atoms. The van der Waals surface area contributed by atoms with E-state index < -0.39 is 15.9 Å². The lowest BCUT2D eigenvalue weighted by Crippen LogP contribution is -2.30. The number of sulfonamides is 1. The van der Waals surface area contributed by atoms with Crippen LogP contribution in [0.15, 0.2) is 59.5 Å². The first-order valence-corrected chi connectivity index (χ1v) is 8.36. The van der Waals surface area contributed by atoms with Gasteiger partial charge in [-0.15, -0.1) is 0 Å². The van der Waals surface area contributed by atoms with E-state index >= 15 is 0 Å². The Labute approximate surface area is 130 Å². The molecule has 5 nitrogen and oxygen atoms in total. The van der Waals surface area contributed by atoms with Gasteiger partial charge in [0.2, 0.25) is 0 Å². The molecule has 0 saturated heterocycles. The fourth-order valence-electron chi connectivity index (χ4n) is 1.79. The van der Waals surface area contributed by atoms with Crippen LogP contribution in [0, 0.1) is 0 Å². The Morgan fingerprint density at radius 3 is 2.50 bits per heavy atom. The topological polar surface area (TPSA) is 72.5 Å². The highest BCUT2D eigenvalue weighted by molar-refractivity contribution is 7.90. The number of amides is 1. The predicted molar refractivity (Wildman–Crippen MR) is 83.3 cm³/mol. The Hall–Kier alpha value is -2.34. The highest BCUT2D eigenvalue weighted by atomic mass is 32.2. The quantitative estimate of drug-likeness (QED) is 0.888. The lowest BCUT2D eigenvalue weighted by Gasteiger charge is -2.09. The van der Waals surface area contributed by atoms with Crippen LogP contribution in [0.2, 0.25) is 0 Å². The van der Waals surface area contributed by atoms with Crippen LogP contribution in [0.1, 0.15) is 23.7 Å². The van der Waals surface area contributed by atoms with Gasteiger partial charge >= 0.3 is 0 Å². The Morgan fingerprint density at radius 1 is 1.09 bits per heavy atom. The third-order valence-electron chi connectivity index (χ3n) is 2.85. The molecule has 116 valence electrons. The summed E-state index contributed by atoms with van der Waals surface area (Å²) in [5, 5.41) is 0. The zero-order chi connectivity index (χ0) is 16.0. The summed E-state index contributed by atoms with van der Waals surface area (Å²) < 4.78 is 31.7. The monoisotopic (exact) mass is 319 g/mol. The third kappa shape index (κ3) is 4.08. The second kappa shape index (κ2) is 7.09. The average Bonchev–Trinajstić information content (AvgIpc) is 2.53. The van der Waals surface area contributed by atoms with E-state index in [2.05, 4.69) is 0 Å². The van der Waals surface area contributed by atoms with Crippen LogP contribution in [0.25, 0.3) is 0 Å². The fourth-order valence-corrected chi connectivity index (χ4v) is 2.78. The van der Waals surface area contributed by atoms with Gasteiger partial charge in [0.05, 0.1) is 11.5 Å². The number of hydrogen-bond acceptors (Lipinski definition) is 4. The van der Waals surface area contributed by atoms with Gasteiger partial charge in [-0.05, 0) is 36.8 Å². The first-order valence-electron chi connectivity index (χ1n) is 6.88. The average molecular weight is 319 g/mol. The van der Waals surface area contributed by atoms with Crippen LogP contribution in [0.5, 0.6) is 5.75 Å². The third-order valence-corrected chi connectivity index (χ3v) is 4.20. The fraction of sp³-hybridized carbons (Fsp3) is 0.188. The Bertz CT molecular complexity index is 742. The van der Waals surface area contributed by atoms with Gasteiger partial charge in [0.25, 0.3) is 15.9 Å². The van der Waals surface area contributed by atoms with E-state index in [1.54, 1.807) is 30.3 Å².